The molecule has 1 rings (SSSR count). The normalized spacial score (nSPS) is 11.3. The highest BCUT2D eigenvalue weighted by molar-refractivity contribution is 5.86. The van der Waals surface area contributed by atoms with Crippen LogP contribution in [0.2, 0.25) is 0 Å². The molecule has 0 aromatic carbocycles. The maximum absolute atomic E-state index is 12.3. The predicted octanol–water partition coefficient (Wildman–Crippen LogP) is 1.70. The Morgan fingerprint density at radius 2 is 2.00 bits per heavy atom. The van der Waals surface area contributed by atoms with Crippen LogP contribution in [0.3, 0.4) is 0 Å². The van der Waals surface area contributed by atoms with Gasteiger partial charge in [0.25, 0.3) is 0 Å². The monoisotopic (exact) mass is 333 g/mol. The van der Waals surface area contributed by atoms with Crippen molar-refractivity contribution >= 4 is 11.9 Å². The molecule has 1 N–H and O–H groups in total. The molecule has 1 aromatic heterocycles. The van der Waals surface area contributed by atoms with Gasteiger partial charge in [0.05, 0.1) is 6.54 Å². The first-order valence-electron chi connectivity index (χ1n) is 8.70. The molecular weight excluding hydrogens is 302 g/mol. The molecular formula is C18H31N5O. The van der Waals surface area contributed by atoms with E-state index >= 15 is 0 Å². The molecule has 0 saturated heterocycles. The number of aliphatic imine (C=N–C) groups is 1. The summed E-state index contributed by atoms with van der Waals surface area (Å²) in [6.07, 6.45) is 4.55. The Balaban J connectivity index is 2.67. The quantitative estimate of drug-likeness (QED) is 0.581. The first kappa shape index (κ1) is 19.9. The molecule has 0 bridgehead atoms. The van der Waals surface area contributed by atoms with Crippen LogP contribution in [0.4, 0.5) is 0 Å². The third-order valence-electron chi connectivity index (χ3n) is 3.96. The molecule has 1 aromatic rings. The lowest BCUT2D eigenvalue weighted by Crippen LogP contribution is -2.45. The summed E-state index contributed by atoms with van der Waals surface area (Å²) < 4.78 is 0. The van der Waals surface area contributed by atoms with E-state index in [0.29, 0.717) is 13.1 Å². The topological polar surface area (TPSA) is 60.8 Å². The highest BCUT2D eigenvalue weighted by Gasteiger charge is 2.14. The Labute approximate surface area is 146 Å². The van der Waals surface area contributed by atoms with Crippen molar-refractivity contribution < 1.29 is 4.79 Å². The number of likely N-dealkylation sites (N-methyl/N-ethyl adjacent to an activating group) is 2. The second-order valence-corrected chi connectivity index (χ2v) is 5.71. The zero-order valence-electron chi connectivity index (χ0n) is 15.7. The number of guanidine groups is 1. The van der Waals surface area contributed by atoms with Crippen LogP contribution in [-0.4, -0.2) is 66.4 Å². The van der Waals surface area contributed by atoms with Gasteiger partial charge in [-0.3, -0.25) is 14.8 Å². The highest BCUT2D eigenvalue weighted by Crippen LogP contribution is 2.06. The van der Waals surface area contributed by atoms with Gasteiger partial charge in [-0.15, -0.1) is 0 Å². The van der Waals surface area contributed by atoms with E-state index in [0.717, 1.165) is 32.0 Å². The molecule has 1 amide bonds. The van der Waals surface area contributed by atoms with Gasteiger partial charge in [0.2, 0.25) is 5.91 Å². The number of amides is 1. The van der Waals surface area contributed by atoms with Crippen LogP contribution in [0.25, 0.3) is 0 Å². The Hall–Kier alpha value is -2.11. The van der Waals surface area contributed by atoms with Gasteiger partial charge < -0.3 is 15.1 Å². The summed E-state index contributed by atoms with van der Waals surface area (Å²) in [7, 11) is 1.90. The maximum atomic E-state index is 12.3. The van der Waals surface area contributed by atoms with Crippen molar-refractivity contribution in [2.24, 2.45) is 4.99 Å². The van der Waals surface area contributed by atoms with E-state index in [1.54, 1.807) is 0 Å². The Kier molecular flexibility index (Phi) is 8.83. The minimum Gasteiger partial charge on any atom is -0.357 e. The van der Waals surface area contributed by atoms with Crippen molar-refractivity contribution in [3.63, 3.8) is 0 Å². The van der Waals surface area contributed by atoms with Gasteiger partial charge in [0.1, 0.15) is 0 Å². The molecule has 1 heterocycles. The predicted molar refractivity (Wildman–Crippen MR) is 99.2 cm³/mol. The van der Waals surface area contributed by atoms with Crippen molar-refractivity contribution in [3.05, 3.63) is 29.6 Å². The Morgan fingerprint density at radius 3 is 2.58 bits per heavy atom. The molecule has 0 aliphatic carbocycles. The van der Waals surface area contributed by atoms with Crippen molar-refractivity contribution in [1.82, 2.24) is 20.1 Å². The van der Waals surface area contributed by atoms with E-state index in [9.17, 15) is 4.79 Å². The average Bonchev–Trinajstić information content (AvgIpc) is 2.56. The van der Waals surface area contributed by atoms with Gasteiger partial charge in [-0.05, 0) is 51.3 Å². The Bertz CT molecular complexity index is 540. The van der Waals surface area contributed by atoms with E-state index in [4.69, 9.17) is 0 Å². The zero-order chi connectivity index (χ0) is 17.9. The number of rotatable bonds is 8. The number of aromatic nitrogens is 1. The number of nitrogens with one attached hydrogen (secondary N) is 1. The van der Waals surface area contributed by atoms with Gasteiger partial charge in [0, 0.05) is 45.6 Å². The van der Waals surface area contributed by atoms with Crippen LogP contribution in [0.5, 0.6) is 0 Å². The number of pyridine rings is 1. The van der Waals surface area contributed by atoms with Crippen LogP contribution < -0.4 is 5.32 Å². The summed E-state index contributed by atoms with van der Waals surface area (Å²) in [5, 5.41) is 3.26. The number of carbonyl (C=O) groups is 1. The number of nitrogens with zero attached hydrogens (tertiary/aromatic N) is 4. The number of hydrogen-bond donors (Lipinski definition) is 1. The van der Waals surface area contributed by atoms with E-state index in [2.05, 4.69) is 22.2 Å². The highest BCUT2D eigenvalue weighted by atomic mass is 16.2. The first-order valence-corrected chi connectivity index (χ1v) is 8.70. The van der Waals surface area contributed by atoms with E-state index in [-0.39, 0.29) is 5.91 Å². The van der Waals surface area contributed by atoms with Crippen molar-refractivity contribution in [2.45, 2.75) is 34.1 Å². The maximum Gasteiger partial charge on any atom is 0.242 e. The smallest absolute Gasteiger partial charge is 0.242 e. The average molecular weight is 333 g/mol. The van der Waals surface area contributed by atoms with Crippen molar-refractivity contribution in [3.8, 4) is 0 Å². The molecule has 0 unspecified atom stereocenters. The molecule has 134 valence electrons. The number of aryl methyl sites for hydroxylation is 1. The SMILES string of the molecule is CCNC(=NCCc1ccncc1C)N(C)CC(=O)N(CC)CC. The molecule has 6 heteroatoms. The largest absolute Gasteiger partial charge is 0.357 e. The second kappa shape index (κ2) is 10.6. The lowest BCUT2D eigenvalue weighted by molar-refractivity contribution is -0.131. The molecule has 0 saturated carbocycles. The minimum absolute atomic E-state index is 0.123. The van der Waals surface area contributed by atoms with Gasteiger partial charge >= 0.3 is 0 Å². The van der Waals surface area contributed by atoms with Gasteiger partial charge in [-0.1, -0.05) is 0 Å². The third kappa shape index (κ3) is 6.18. The summed E-state index contributed by atoms with van der Waals surface area (Å²) >= 11 is 0. The standard InChI is InChI=1S/C18H31N5O/c1-6-20-18(22(5)14-17(24)23(7-2)8-3)21-12-10-16-9-11-19-13-15(16)4/h9,11,13H,6-8,10,12,14H2,1-5H3,(H,20,21). The second-order valence-electron chi connectivity index (χ2n) is 5.71. The molecule has 0 radical (unpaired) electrons. The fraction of sp³-hybridized carbons (Fsp3) is 0.611. The number of carbonyl (C=O) groups excluding carboxylic acids is 1. The number of hydrogen-bond acceptors (Lipinski definition) is 3. The lowest BCUT2D eigenvalue weighted by Gasteiger charge is -2.25. The van der Waals surface area contributed by atoms with Crippen LogP contribution in [0, 0.1) is 6.92 Å². The summed E-state index contributed by atoms with van der Waals surface area (Å²) in [4.78, 5) is 24.8. The van der Waals surface area contributed by atoms with E-state index in [1.165, 1.54) is 11.1 Å². The van der Waals surface area contributed by atoms with Gasteiger partial charge in [-0.25, -0.2) is 0 Å². The van der Waals surface area contributed by atoms with Crippen molar-refractivity contribution in [2.75, 3.05) is 39.8 Å². The molecule has 0 fully saturated rings. The molecule has 0 atom stereocenters. The van der Waals surface area contributed by atoms with Gasteiger partial charge in [-0.2, -0.15) is 0 Å². The zero-order valence-corrected chi connectivity index (χ0v) is 15.7. The van der Waals surface area contributed by atoms with Gasteiger partial charge in [0.15, 0.2) is 5.96 Å². The Morgan fingerprint density at radius 1 is 1.29 bits per heavy atom. The van der Waals surface area contributed by atoms with E-state index < -0.39 is 0 Å². The summed E-state index contributed by atoms with van der Waals surface area (Å²) in [6.45, 7) is 11.3. The lowest BCUT2D eigenvalue weighted by atomic mass is 10.1. The van der Waals surface area contributed by atoms with Crippen LogP contribution in [0.15, 0.2) is 23.5 Å². The third-order valence-corrected chi connectivity index (χ3v) is 3.96. The van der Waals surface area contributed by atoms with Crippen LogP contribution in [-0.2, 0) is 11.2 Å². The molecule has 0 aliphatic heterocycles. The molecule has 0 aliphatic rings. The first-order chi connectivity index (χ1) is 11.5. The van der Waals surface area contributed by atoms with Crippen molar-refractivity contribution in [1.29, 1.82) is 0 Å². The molecule has 6 nitrogen and oxygen atoms in total. The fourth-order valence-electron chi connectivity index (χ4n) is 2.49. The molecule has 0 spiro atoms. The minimum atomic E-state index is 0.123. The van der Waals surface area contributed by atoms with Crippen LogP contribution >= 0.6 is 0 Å². The fourth-order valence-corrected chi connectivity index (χ4v) is 2.49. The van der Waals surface area contributed by atoms with E-state index in [1.807, 2.05) is 56.1 Å². The summed E-state index contributed by atoms with van der Waals surface area (Å²) in [5.74, 6) is 0.891. The van der Waals surface area contributed by atoms with Crippen LogP contribution in [0.1, 0.15) is 31.9 Å². The summed E-state index contributed by atoms with van der Waals surface area (Å²) in [5.41, 5.74) is 2.44. The summed E-state index contributed by atoms with van der Waals surface area (Å²) in [6, 6.07) is 2.03. The molecule has 24 heavy (non-hydrogen) atoms.